The van der Waals surface area contributed by atoms with Crippen LogP contribution in [0.3, 0.4) is 0 Å². The van der Waals surface area contributed by atoms with E-state index in [9.17, 15) is 0 Å². The van der Waals surface area contributed by atoms with Crippen molar-refractivity contribution in [3.05, 3.63) is 29.3 Å². The summed E-state index contributed by atoms with van der Waals surface area (Å²) in [5, 5.41) is 1.25. The van der Waals surface area contributed by atoms with Gasteiger partial charge in [0.2, 0.25) is 0 Å². The van der Waals surface area contributed by atoms with Crippen LogP contribution in [0.4, 0.5) is 0 Å². The van der Waals surface area contributed by atoms with Crippen LogP contribution in [0.5, 0.6) is 0 Å². The van der Waals surface area contributed by atoms with Gasteiger partial charge in [0.1, 0.15) is 0 Å². The molecular formula is C10H17N2P. The highest BCUT2D eigenvalue weighted by Crippen LogP contribution is 2.10. The molecule has 4 N–H and O–H groups in total. The van der Waals surface area contributed by atoms with Crippen LogP contribution in [0.25, 0.3) is 0 Å². The molecule has 1 atom stereocenters. The quantitative estimate of drug-likeness (QED) is 0.675. The van der Waals surface area contributed by atoms with E-state index < -0.39 is 0 Å². The molecule has 0 heterocycles. The van der Waals surface area contributed by atoms with Gasteiger partial charge in [-0.3, -0.25) is 0 Å². The van der Waals surface area contributed by atoms with E-state index in [4.69, 9.17) is 11.5 Å². The summed E-state index contributed by atoms with van der Waals surface area (Å²) in [7, 11) is 2.75. The second kappa shape index (κ2) is 5.33. The Hall–Kier alpha value is -0.430. The summed E-state index contributed by atoms with van der Waals surface area (Å²) in [6.45, 7) is 1.40. The van der Waals surface area contributed by atoms with Gasteiger partial charge >= 0.3 is 0 Å². The molecule has 0 aliphatic carbocycles. The van der Waals surface area contributed by atoms with Gasteiger partial charge in [-0.1, -0.05) is 18.2 Å². The highest BCUT2D eigenvalue weighted by Gasteiger charge is 2.03. The van der Waals surface area contributed by atoms with Crippen molar-refractivity contribution in [3.63, 3.8) is 0 Å². The van der Waals surface area contributed by atoms with Crippen molar-refractivity contribution < 1.29 is 0 Å². The van der Waals surface area contributed by atoms with Gasteiger partial charge in [0.25, 0.3) is 0 Å². The lowest BCUT2D eigenvalue weighted by atomic mass is 10.0. The fourth-order valence-electron chi connectivity index (χ4n) is 1.49. The van der Waals surface area contributed by atoms with Crippen molar-refractivity contribution in [1.82, 2.24) is 0 Å². The van der Waals surface area contributed by atoms with Crippen LogP contribution in [0.15, 0.2) is 18.2 Å². The molecule has 0 aliphatic heterocycles. The first-order chi connectivity index (χ1) is 6.29. The first-order valence-corrected chi connectivity index (χ1v) is 5.13. The molecule has 3 heteroatoms. The Labute approximate surface area is 81.9 Å². The number of nitrogens with two attached hydrogens (primary N) is 2. The predicted molar refractivity (Wildman–Crippen MR) is 61.3 cm³/mol. The van der Waals surface area contributed by atoms with E-state index in [1.54, 1.807) is 0 Å². The zero-order valence-corrected chi connectivity index (χ0v) is 8.95. The molecule has 1 rings (SSSR count). The average Bonchev–Trinajstić information content (AvgIpc) is 2.11. The lowest BCUT2D eigenvalue weighted by molar-refractivity contribution is 0.911. The summed E-state index contributed by atoms with van der Waals surface area (Å²) in [4.78, 5) is 0. The second-order valence-corrected chi connectivity index (χ2v) is 3.68. The number of rotatable bonds is 4. The fraction of sp³-hybridized carbons (Fsp3) is 0.400. The molecule has 0 radical (unpaired) electrons. The Morgan fingerprint density at radius 1 is 1.08 bits per heavy atom. The van der Waals surface area contributed by atoms with Gasteiger partial charge in [-0.15, -0.1) is 9.24 Å². The van der Waals surface area contributed by atoms with Crippen molar-refractivity contribution in [2.24, 2.45) is 11.5 Å². The van der Waals surface area contributed by atoms with Gasteiger partial charge in [-0.2, -0.15) is 0 Å². The minimum atomic E-state index is 0.697. The topological polar surface area (TPSA) is 52.0 Å². The maximum atomic E-state index is 5.55. The van der Waals surface area contributed by atoms with Crippen molar-refractivity contribution in [1.29, 1.82) is 0 Å². The molecular weight excluding hydrogens is 179 g/mol. The van der Waals surface area contributed by atoms with Crippen LogP contribution in [-0.2, 0) is 12.8 Å². The van der Waals surface area contributed by atoms with E-state index in [0.29, 0.717) is 13.1 Å². The summed E-state index contributed by atoms with van der Waals surface area (Å²) in [5.41, 5.74) is 13.8. The monoisotopic (exact) mass is 196 g/mol. The fourth-order valence-corrected chi connectivity index (χ4v) is 1.93. The molecule has 0 aliphatic rings. The third-order valence-electron chi connectivity index (χ3n) is 2.12. The molecule has 13 heavy (non-hydrogen) atoms. The van der Waals surface area contributed by atoms with Gasteiger partial charge in [0.05, 0.1) is 0 Å². The number of hydrogen-bond acceptors (Lipinski definition) is 2. The normalized spacial score (nSPS) is 10.4. The first-order valence-electron chi connectivity index (χ1n) is 4.56. The Morgan fingerprint density at radius 3 is 2.38 bits per heavy atom. The van der Waals surface area contributed by atoms with Crippen molar-refractivity contribution in [3.8, 4) is 0 Å². The number of benzene rings is 1. The highest BCUT2D eigenvalue weighted by molar-refractivity contribution is 7.27. The lowest BCUT2D eigenvalue weighted by Gasteiger charge is -2.10. The molecule has 1 aromatic carbocycles. The molecule has 0 amide bonds. The highest BCUT2D eigenvalue weighted by atomic mass is 31.0. The second-order valence-electron chi connectivity index (χ2n) is 3.06. The minimum Gasteiger partial charge on any atom is -0.330 e. The summed E-state index contributed by atoms with van der Waals surface area (Å²) >= 11 is 0. The van der Waals surface area contributed by atoms with E-state index in [-0.39, 0.29) is 0 Å². The standard InChI is InChI=1S/C10H17N2P/c11-6-4-8-2-1-3-10(13)9(8)5-7-12/h1-3H,4-7,11-13H2. The van der Waals surface area contributed by atoms with Crippen molar-refractivity contribution >= 4 is 14.5 Å². The Kier molecular flexibility index (Phi) is 4.37. The van der Waals surface area contributed by atoms with E-state index >= 15 is 0 Å². The molecule has 0 saturated carbocycles. The zero-order chi connectivity index (χ0) is 9.68. The molecule has 0 spiro atoms. The Morgan fingerprint density at radius 2 is 1.77 bits per heavy atom. The van der Waals surface area contributed by atoms with E-state index in [1.165, 1.54) is 16.4 Å². The molecule has 2 nitrogen and oxygen atoms in total. The van der Waals surface area contributed by atoms with Crippen LogP contribution >= 0.6 is 9.24 Å². The Bertz CT molecular complexity index is 274. The summed E-state index contributed by atoms with van der Waals surface area (Å²) in [6, 6.07) is 6.29. The summed E-state index contributed by atoms with van der Waals surface area (Å²) in [6.07, 6.45) is 1.88. The third-order valence-corrected chi connectivity index (χ3v) is 2.66. The van der Waals surface area contributed by atoms with Gasteiger partial charge in [-0.25, -0.2) is 0 Å². The first kappa shape index (κ1) is 10.6. The Balaban J connectivity index is 2.95. The summed E-state index contributed by atoms with van der Waals surface area (Å²) in [5.74, 6) is 0. The maximum Gasteiger partial charge on any atom is -0.00364 e. The SMILES string of the molecule is NCCc1cccc(P)c1CCN. The average molecular weight is 196 g/mol. The van der Waals surface area contributed by atoms with E-state index in [2.05, 4.69) is 27.4 Å². The van der Waals surface area contributed by atoms with Crippen molar-refractivity contribution in [2.75, 3.05) is 13.1 Å². The molecule has 0 bridgehead atoms. The number of hydrogen-bond donors (Lipinski definition) is 2. The molecule has 0 fully saturated rings. The largest absolute Gasteiger partial charge is 0.330 e. The molecule has 1 unspecified atom stereocenters. The molecule has 72 valence electrons. The van der Waals surface area contributed by atoms with Gasteiger partial charge in [0, 0.05) is 0 Å². The van der Waals surface area contributed by atoms with Gasteiger partial charge in [-0.05, 0) is 42.4 Å². The molecule has 0 aromatic heterocycles. The maximum absolute atomic E-state index is 5.55. The minimum absolute atomic E-state index is 0.697. The molecule has 0 saturated heterocycles. The van der Waals surface area contributed by atoms with Crippen LogP contribution in [0.2, 0.25) is 0 Å². The van der Waals surface area contributed by atoms with Crippen molar-refractivity contribution in [2.45, 2.75) is 12.8 Å². The smallest absolute Gasteiger partial charge is 0.00364 e. The van der Waals surface area contributed by atoms with Crippen LogP contribution in [-0.4, -0.2) is 13.1 Å². The van der Waals surface area contributed by atoms with Crippen LogP contribution < -0.4 is 16.8 Å². The van der Waals surface area contributed by atoms with Gasteiger partial charge < -0.3 is 11.5 Å². The lowest BCUT2D eigenvalue weighted by Crippen LogP contribution is -2.14. The van der Waals surface area contributed by atoms with E-state index in [0.717, 1.165) is 12.8 Å². The van der Waals surface area contributed by atoms with Gasteiger partial charge in [0.15, 0.2) is 0 Å². The zero-order valence-electron chi connectivity index (χ0n) is 7.79. The third kappa shape index (κ3) is 2.77. The van der Waals surface area contributed by atoms with Crippen LogP contribution in [0.1, 0.15) is 11.1 Å². The summed E-state index contributed by atoms with van der Waals surface area (Å²) < 4.78 is 0. The molecule has 1 aromatic rings. The predicted octanol–water partition coefficient (Wildman–Crippen LogP) is 0.189. The van der Waals surface area contributed by atoms with E-state index in [1.807, 2.05) is 0 Å². The van der Waals surface area contributed by atoms with Crippen LogP contribution in [0, 0.1) is 0 Å².